The summed E-state index contributed by atoms with van der Waals surface area (Å²) in [6, 6.07) is 3.67. The SMILES string of the molecule is CCSc1oc(C)cc1C=C(C#N)C(=O)OC(C)C. The Hall–Kier alpha value is -1.67. The Labute approximate surface area is 117 Å². The van der Waals surface area contributed by atoms with E-state index in [-0.39, 0.29) is 11.7 Å². The number of esters is 1. The van der Waals surface area contributed by atoms with Gasteiger partial charge < -0.3 is 9.15 Å². The number of hydrogen-bond donors (Lipinski definition) is 0. The van der Waals surface area contributed by atoms with Crippen LogP contribution in [0.2, 0.25) is 0 Å². The third kappa shape index (κ3) is 4.49. The number of carbonyl (C=O) groups is 1. The van der Waals surface area contributed by atoms with Crippen molar-refractivity contribution >= 4 is 23.8 Å². The molecule has 1 aromatic heterocycles. The number of nitriles is 1. The van der Waals surface area contributed by atoms with E-state index in [0.29, 0.717) is 5.09 Å². The molecule has 0 fully saturated rings. The minimum Gasteiger partial charge on any atom is -0.459 e. The number of rotatable bonds is 5. The van der Waals surface area contributed by atoms with Crippen molar-refractivity contribution in [3.63, 3.8) is 0 Å². The van der Waals surface area contributed by atoms with Crippen LogP contribution < -0.4 is 0 Å². The Kier molecular flexibility index (Phi) is 5.71. The van der Waals surface area contributed by atoms with Gasteiger partial charge in [-0.15, -0.1) is 0 Å². The number of aryl methyl sites for hydroxylation is 1. The molecule has 0 aliphatic rings. The van der Waals surface area contributed by atoms with Gasteiger partial charge in [0.05, 0.1) is 6.10 Å². The average Bonchev–Trinajstić information content (AvgIpc) is 2.66. The molecule has 0 aliphatic carbocycles. The van der Waals surface area contributed by atoms with E-state index in [0.717, 1.165) is 17.1 Å². The van der Waals surface area contributed by atoms with Gasteiger partial charge in [-0.05, 0) is 38.7 Å². The summed E-state index contributed by atoms with van der Waals surface area (Å²) in [5.74, 6) is 0.993. The van der Waals surface area contributed by atoms with Gasteiger partial charge in [0.2, 0.25) is 0 Å². The first-order chi connectivity index (χ1) is 8.97. The van der Waals surface area contributed by atoms with E-state index in [1.807, 2.05) is 19.9 Å². The van der Waals surface area contributed by atoms with E-state index in [9.17, 15) is 4.79 Å². The normalized spacial score (nSPS) is 11.5. The van der Waals surface area contributed by atoms with Crippen LogP contribution in [0.15, 0.2) is 21.1 Å². The highest BCUT2D eigenvalue weighted by molar-refractivity contribution is 7.99. The van der Waals surface area contributed by atoms with Crippen LogP contribution in [0, 0.1) is 18.3 Å². The van der Waals surface area contributed by atoms with Crippen LogP contribution in [0.25, 0.3) is 6.08 Å². The summed E-state index contributed by atoms with van der Waals surface area (Å²) >= 11 is 1.53. The van der Waals surface area contributed by atoms with Crippen LogP contribution in [0.4, 0.5) is 0 Å². The zero-order valence-corrected chi connectivity index (χ0v) is 12.3. The fourth-order valence-electron chi connectivity index (χ4n) is 1.43. The van der Waals surface area contributed by atoms with Crippen molar-refractivity contribution in [3.05, 3.63) is 23.0 Å². The number of carbonyl (C=O) groups excluding carboxylic acids is 1. The number of nitrogens with zero attached hydrogens (tertiary/aromatic N) is 1. The molecule has 102 valence electrons. The molecule has 0 unspecified atom stereocenters. The van der Waals surface area contributed by atoms with Crippen LogP contribution in [0.1, 0.15) is 32.1 Å². The summed E-state index contributed by atoms with van der Waals surface area (Å²) in [4.78, 5) is 11.7. The van der Waals surface area contributed by atoms with E-state index in [1.165, 1.54) is 17.8 Å². The molecule has 0 N–H and O–H groups in total. The van der Waals surface area contributed by atoms with Gasteiger partial charge in [-0.2, -0.15) is 5.26 Å². The van der Waals surface area contributed by atoms with Gasteiger partial charge in [0.25, 0.3) is 0 Å². The molecule has 0 aromatic carbocycles. The predicted molar refractivity (Wildman–Crippen MR) is 74.7 cm³/mol. The lowest BCUT2D eigenvalue weighted by molar-refractivity contribution is -0.142. The third-order valence-corrected chi connectivity index (χ3v) is 2.98. The molecular weight excluding hydrogens is 262 g/mol. The zero-order chi connectivity index (χ0) is 14.4. The Morgan fingerprint density at radius 2 is 2.32 bits per heavy atom. The zero-order valence-electron chi connectivity index (χ0n) is 11.5. The van der Waals surface area contributed by atoms with Crippen molar-refractivity contribution in [1.29, 1.82) is 5.26 Å². The van der Waals surface area contributed by atoms with Gasteiger partial charge in [0.1, 0.15) is 17.4 Å². The summed E-state index contributed by atoms with van der Waals surface area (Å²) in [7, 11) is 0. The molecule has 5 heteroatoms. The van der Waals surface area contributed by atoms with Crippen LogP contribution >= 0.6 is 11.8 Å². The molecule has 4 nitrogen and oxygen atoms in total. The molecule has 0 saturated heterocycles. The van der Waals surface area contributed by atoms with E-state index >= 15 is 0 Å². The largest absolute Gasteiger partial charge is 0.459 e. The first-order valence-electron chi connectivity index (χ1n) is 6.04. The highest BCUT2D eigenvalue weighted by Gasteiger charge is 2.15. The first kappa shape index (κ1) is 15.4. The van der Waals surface area contributed by atoms with Crippen molar-refractivity contribution in [3.8, 4) is 6.07 Å². The molecule has 0 saturated carbocycles. The van der Waals surface area contributed by atoms with Crippen molar-refractivity contribution in [2.75, 3.05) is 5.75 Å². The molecule has 0 aliphatic heterocycles. The van der Waals surface area contributed by atoms with Gasteiger partial charge in [-0.25, -0.2) is 4.79 Å². The number of hydrogen-bond acceptors (Lipinski definition) is 5. The topological polar surface area (TPSA) is 63.2 Å². The van der Waals surface area contributed by atoms with E-state index in [4.69, 9.17) is 14.4 Å². The summed E-state index contributed by atoms with van der Waals surface area (Å²) in [5, 5.41) is 9.75. The average molecular weight is 279 g/mol. The summed E-state index contributed by atoms with van der Waals surface area (Å²) in [6.07, 6.45) is 1.26. The van der Waals surface area contributed by atoms with Crippen LogP contribution in [0.3, 0.4) is 0 Å². The fourth-order valence-corrected chi connectivity index (χ4v) is 2.16. The maximum atomic E-state index is 11.7. The Morgan fingerprint density at radius 1 is 1.63 bits per heavy atom. The van der Waals surface area contributed by atoms with E-state index in [1.54, 1.807) is 19.9 Å². The minimum atomic E-state index is -0.608. The smallest absolute Gasteiger partial charge is 0.349 e. The highest BCUT2D eigenvalue weighted by atomic mass is 32.2. The molecule has 0 atom stereocenters. The third-order valence-electron chi connectivity index (χ3n) is 2.11. The standard InChI is InChI=1S/C14H17NO3S/c1-5-19-14-11(6-10(4)18-14)7-12(8-15)13(16)17-9(2)3/h6-7,9H,5H2,1-4H3. The number of thioether (sulfide) groups is 1. The molecule has 1 rings (SSSR count). The quantitative estimate of drug-likeness (QED) is 0.357. The number of furan rings is 1. The second kappa shape index (κ2) is 7.05. The van der Waals surface area contributed by atoms with Gasteiger partial charge in [0, 0.05) is 5.56 Å². The molecule has 1 heterocycles. The maximum absolute atomic E-state index is 11.7. The van der Waals surface area contributed by atoms with Gasteiger partial charge >= 0.3 is 5.97 Å². The van der Waals surface area contributed by atoms with Crippen molar-refractivity contribution in [2.45, 2.75) is 38.9 Å². The van der Waals surface area contributed by atoms with Crippen LogP contribution in [-0.2, 0) is 9.53 Å². The minimum absolute atomic E-state index is 0.0209. The second-order valence-corrected chi connectivity index (χ2v) is 5.39. The Bertz CT molecular complexity index is 523. The monoisotopic (exact) mass is 279 g/mol. The van der Waals surface area contributed by atoms with Crippen molar-refractivity contribution in [2.24, 2.45) is 0 Å². The lowest BCUT2D eigenvalue weighted by Crippen LogP contribution is -2.12. The maximum Gasteiger partial charge on any atom is 0.349 e. The lowest BCUT2D eigenvalue weighted by Gasteiger charge is -2.06. The molecule has 0 bridgehead atoms. The highest BCUT2D eigenvalue weighted by Crippen LogP contribution is 2.28. The Balaban J connectivity index is 3.04. The molecule has 1 aromatic rings. The summed E-state index contributed by atoms with van der Waals surface area (Å²) < 4.78 is 10.5. The summed E-state index contributed by atoms with van der Waals surface area (Å²) in [6.45, 7) is 7.32. The molecule has 19 heavy (non-hydrogen) atoms. The molecule has 0 amide bonds. The van der Waals surface area contributed by atoms with Crippen LogP contribution in [-0.4, -0.2) is 17.8 Å². The Morgan fingerprint density at radius 3 is 2.84 bits per heavy atom. The van der Waals surface area contributed by atoms with Gasteiger partial charge in [-0.3, -0.25) is 0 Å². The van der Waals surface area contributed by atoms with Gasteiger partial charge in [-0.1, -0.05) is 18.7 Å². The van der Waals surface area contributed by atoms with Gasteiger partial charge in [0.15, 0.2) is 5.09 Å². The molecule has 0 spiro atoms. The van der Waals surface area contributed by atoms with E-state index < -0.39 is 5.97 Å². The number of ether oxygens (including phenoxy) is 1. The fraction of sp³-hybridized carbons (Fsp3) is 0.429. The van der Waals surface area contributed by atoms with Crippen molar-refractivity contribution < 1.29 is 13.9 Å². The molecule has 0 radical (unpaired) electrons. The van der Waals surface area contributed by atoms with E-state index in [2.05, 4.69) is 0 Å². The predicted octanol–water partition coefficient (Wildman–Crippen LogP) is 3.56. The second-order valence-electron chi connectivity index (χ2n) is 4.16. The van der Waals surface area contributed by atoms with Crippen molar-refractivity contribution in [1.82, 2.24) is 0 Å². The summed E-state index contributed by atoms with van der Waals surface area (Å²) in [5.41, 5.74) is 0.717. The lowest BCUT2D eigenvalue weighted by atomic mass is 10.2. The van der Waals surface area contributed by atoms with Crippen LogP contribution in [0.5, 0.6) is 0 Å². The molecular formula is C14H17NO3S. The first-order valence-corrected chi connectivity index (χ1v) is 7.02.